The van der Waals surface area contributed by atoms with Crippen molar-refractivity contribution in [3.63, 3.8) is 0 Å². The lowest BCUT2D eigenvalue weighted by molar-refractivity contribution is 0.314. The van der Waals surface area contributed by atoms with Crippen molar-refractivity contribution in [2.75, 3.05) is 7.05 Å². The normalized spacial score (nSPS) is 11.7. The summed E-state index contributed by atoms with van der Waals surface area (Å²) in [5.74, 6) is 0. The largest absolute Gasteiger partial charge is 0.296 e. The molecule has 0 amide bonds. The Hall–Kier alpha value is -1.85. The van der Waals surface area contributed by atoms with E-state index in [-0.39, 0.29) is 0 Å². The number of aryl methyl sites for hydroxylation is 2. The van der Waals surface area contributed by atoms with Crippen LogP contribution in [0.4, 0.5) is 0 Å². The van der Waals surface area contributed by atoms with Crippen LogP contribution in [0.2, 0.25) is 5.02 Å². The molecule has 0 saturated carbocycles. The van der Waals surface area contributed by atoms with Gasteiger partial charge in [-0.25, -0.2) is 0 Å². The second-order valence-electron chi connectivity index (χ2n) is 5.76. The van der Waals surface area contributed by atoms with E-state index in [4.69, 9.17) is 11.6 Å². The quantitative estimate of drug-likeness (QED) is 0.742. The highest BCUT2D eigenvalue weighted by molar-refractivity contribution is 6.35. The second-order valence-corrected chi connectivity index (χ2v) is 6.16. The minimum Gasteiger partial charge on any atom is -0.296 e. The Bertz CT molecular complexity index is 817. The van der Waals surface area contributed by atoms with E-state index in [0.717, 1.165) is 34.7 Å². The lowest BCUT2D eigenvalue weighted by atomic mass is 10.2. The Balaban J connectivity index is 1.85. The molecular formula is C16H20ClN5. The van der Waals surface area contributed by atoms with Crippen LogP contribution in [0.25, 0.3) is 10.9 Å². The average Bonchev–Trinajstić information content (AvgIpc) is 2.95. The molecule has 0 bridgehead atoms. The molecule has 5 nitrogen and oxygen atoms in total. The van der Waals surface area contributed by atoms with Gasteiger partial charge in [0, 0.05) is 43.8 Å². The van der Waals surface area contributed by atoms with Crippen LogP contribution < -0.4 is 0 Å². The van der Waals surface area contributed by atoms with Crippen LogP contribution in [-0.4, -0.2) is 31.5 Å². The van der Waals surface area contributed by atoms with Crippen LogP contribution in [0.15, 0.2) is 24.4 Å². The van der Waals surface area contributed by atoms with Gasteiger partial charge in [-0.15, -0.1) is 0 Å². The van der Waals surface area contributed by atoms with Gasteiger partial charge in [-0.1, -0.05) is 17.7 Å². The van der Waals surface area contributed by atoms with Crippen LogP contribution in [0, 0.1) is 6.92 Å². The third-order valence-corrected chi connectivity index (χ3v) is 4.41. The number of fused-ring (bicyclic) bond motifs is 1. The summed E-state index contributed by atoms with van der Waals surface area (Å²) in [6.45, 7) is 3.67. The fourth-order valence-corrected chi connectivity index (χ4v) is 3.04. The maximum Gasteiger partial charge on any atom is 0.0858 e. The van der Waals surface area contributed by atoms with Gasteiger partial charge in [0.15, 0.2) is 0 Å². The molecular weight excluding hydrogens is 298 g/mol. The zero-order valence-corrected chi connectivity index (χ0v) is 14.1. The maximum absolute atomic E-state index is 6.36. The highest BCUT2D eigenvalue weighted by Crippen LogP contribution is 2.27. The third kappa shape index (κ3) is 2.62. The summed E-state index contributed by atoms with van der Waals surface area (Å²) in [7, 11) is 6.00. The first-order chi connectivity index (χ1) is 10.5. The Morgan fingerprint density at radius 1 is 1.18 bits per heavy atom. The Labute approximate surface area is 135 Å². The van der Waals surface area contributed by atoms with Crippen LogP contribution in [0.1, 0.15) is 17.0 Å². The molecule has 2 heterocycles. The molecule has 0 atom stereocenters. The lowest BCUT2D eigenvalue weighted by Crippen LogP contribution is -2.18. The second kappa shape index (κ2) is 5.74. The maximum atomic E-state index is 6.36. The van der Waals surface area contributed by atoms with Crippen molar-refractivity contribution in [1.82, 2.24) is 24.5 Å². The van der Waals surface area contributed by atoms with E-state index in [9.17, 15) is 0 Å². The number of aromatic nitrogens is 4. The van der Waals surface area contributed by atoms with E-state index in [1.54, 1.807) is 0 Å². The van der Waals surface area contributed by atoms with Crippen molar-refractivity contribution in [1.29, 1.82) is 0 Å². The Kier molecular flexibility index (Phi) is 3.93. The molecule has 22 heavy (non-hydrogen) atoms. The molecule has 6 heteroatoms. The Morgan fingerprint density at radius 2 is 1.95 bits per heavy atom. The first-order valence-electron chi connectivity index (χ1n) is 7.23. The van der Waals surface area contributed by atoms with Gasteiger partial charge in [0.1, 0.15) is 0 Å². The molecule has 0 unspecified atom stereocenters. The summed E-state index contributed by atoms with van der Waals surface area (Å²) >= 11 is 6.36. The first kappa shape index (κ1) is 15.1. The fourth-order valence-electron chi connectivity index (χ4n) is 2.77. The van der Waals surface area contributed by atoms with Gasteiger partial charge in [0.05, 0.1) is 22.4 Å². The molecule has 116 valence electrons. The standard InChI is InChI=1S/C16H20ClN5/c1-11-12(8-18-21(11)3)9-20(2)10-14-16-13(17)6-5-7-15(16)22(4)19-14/h5-8H,9-10H2,1-4H3. The van der Waals surface area contributed by atoms with Crippen LogP contribution in [0.5, 0.6) is 0 Å². The molecule has 0 saturated heterocycles. The molecule has 0 aliphatic carbocycles. The molecule has 0 fully saturated rings. The lowest BCUT2D eigenvalue weighted by Gasteiger charge is -2.15. The van der Waals surface area contributed by atoms with E-state index in [1.165, 1.54) is 11.3 Å². The van der Waals surface area contributed by atoms with Crippen LogP contribution in [0.3, 0.4) is 0 Å². The van der Waals surface area contributed by atoms with Crippen molar-refractivity contribution in [3.05, 3.63) is 46.4 Å². The van der Waals surface area contributed by atoms with Gasteiger partial charge in [0.2, 0.25) is 0 Å². The van der Waals surface area contributed by atoms with Crippen LogP contribution in [-0.2, 0) is 27.2 Å². The Morgan fingerprint density at radius 3 is 2.64 bits per heavy atom. The zero-order valence-electron chi connectivity index (χ0n) is 13.3. The highest BCUT2D eigenvalue weighted by atomic mass is 35.5. The SMILES string of the molecule is Cc1c(CN(C)Cc2nn(C)c3cccc(Cl)c23)cnn1C. The molecule has 0 aliphatic heterocycles. The topological polar surface area (TPSA) is 38.9 Å². The van der Waals surface area contributed by atoms with E-state index in [1.807, 2.05) is 47.9 Å². The van der Waals surface area contributed by atoms with Gasteiger partial charge in [0.25, 0.3) is 0 Å². The van der Waals surface area contributed by atoms with Gasteiger partial charge in [-0.2, -0.15) is 10.2 Å². The van der Waals surface area contributed by atoms with Crippen molar-refractivity contribution < 1.29 is 0 Å². The van der Waals surface area contributed by atoms with E-state index < -0.39 is 0 Å². The molecule has 2 aromatic heterocycles. The number of hydrogen-bond donors (Lipinski definition) is 0. The van der Waals surface area contributed by atoms with Gasteiger partial charge in [-0.05, 0) is 26.1 Å². The van der Waals surface area contributed by atoms with Gasteiger partial charge >= 0.3 is 0 Å². The zero-order chi connectivity index (χ0) is 15.9. The van der Waals surface area contributed by atoms with E-state index in [2.05, 4.69) is 29.1 Å². The van der Waals surface area contributed by atoms with Gasteiger partial charge in [-0.3, -0.25) is 14.3 Å². The van der Waals surface area contributed by atoms with Crippen molar-refractivity contribution in [2.45, 2.75) is 20.0 Å². The predicted octanol–water partition coefficient (Wildman–Crippen LogP) is 2.90. The van der Waals surface area contributed by atoms with Crippen molar-refractivity contribution >= 4 is 22.5 Å². The molecule has 0 radical (unpaired) electrons. The van der Waals surface area contributed by atoms with Gasteiger partial charge < -0.3 is 0 Å². The summed E-state index contributed by atoms with van der Waals surface area (Å²) in [6.07, 6.45) is 1.93. The van der Waals surface area contributed by atoms with Crippen molar-refractivity contribution in [2.24, 2.45) is 14.1 Å². The summed E-state index contributed by atoms with van der Waals surface area (Å²) in [5, 5.41) is 10.7. The average molecular weight is 318 g/mol. The number of hydrogen-bond acceptors (Lipinski definition) is 3. The molecule has 3 aromatic rings. The predicted molar refractivity (Wildman–Crippen MR) is 88.8 cm³/mol. The van der Waals surface area contributed by atoms with Crippen molar-refractivity contribution in [3.8, 4) is 0 Å². The summed E-state index contributed by atoms with van der Waals surface area (Å²) in [6, 6.07) is 5.92. The number of halogens is 1. The molecule has 0 spiro atoms. The summed E-state index contributed by atoms with van der Waals surface area (Å²) in [4.78, 5) is 2.23. The van der Waals surface area contributed by atoms with E-state index in [0.29, 0.717) is 0 Å². The minimum atomic E-state index is 0.745. The first-order valence-corrected chi connectivity index (χ1v) is 7.61. The number of benzene rings is 1. The third-order valence-electron chi connectivity index (χ3n) is 4.10. The molecule has 3 rings (SSSR count). The number of nitrogens with zero attached hydrogens (tertiary/aromatic N) is 5. The molecule has 0 N–H and O–H groups in total. The van der Waals surface area contributed by atoms with Crippen LogP contribution >= 0.6 is 11.6 Å². The monoisotopic (exact) mass is 317 g/mol. The highest BCUT2D eigenvalue weighted by Gasteiger charge is 2.14. The fraction of sp³-hybridized carbons (Fsp3) is 0.375. The molecule has 1 aromatic carbocycles. The van der Waals surface area contributed by atoms with E-state index >= 15 is 0 Å². The minimum absolute atomic E-state index is 0.745. The summed E-state index contributed by atoms with van der Waals surface area (Å²) in [5.41, 5.74) is 4.49. The summed E-state index contributed by atoms with van der Waals surface area (Å²) < 4.78 is 3.79. The molecule has 0 aliphatic rings. The smallest absolute Gasteiger partial charge is 0.0858 e. The number of rotatable bonds is 4.